The molecule has 2 atom stereocenters. The number of carbonyl (C=O) groups is 1. The van der Waals surface area contributed by atoms with Gasteiger partial charge in [-0.2, -0.15) is 13.2 Å². The van der Waals surface area contributed by atoms with Crippen molar-refractivity contribution in [2.45, 2.75) is 69.7 Å². The highest BCUT2D eigenvalue weighted by atomic mass is 19.4. The zero-order valence-corrected chi connectivity index (χ0v) is 13.9. The highest BCUT2D eigenvalue weighted by Crippen LogP contribution is 2.36. The maximum atomic E-state index is 13.3. The molecule has 2 fully saturated rings. The normalized spacial score (nSPS) is 28.5. The molecule has 0 bridgehead atoms. The van der Waals surface area contributed by atoms with E-state index in [2.05, 4.69) is 5.32 Å². The van der Waals surface area contributed by atoms with Crippen molar-refractivity contribution in [1.29, 1.82) is 0 Å². The number of alkyl halides is 3. The van der Waals surface area contributed by atoms with Crippen LogP contribution in [0.4, 0.5) is 18.0 Å². The maximum absolute atomic E-state index is 13.3. The van der Waals surface area contributed by atoms with Crippen molar-refractivity contribution in [3.05, 3.63) is 0 Å². The van der Waals surface area contributed by atoms with Crippen LogP contribution >= 0.6 is 0 Å². The topological polar surface area (TPSA) is 41.6 Å². The molecule has 0 aromatic heterocycles. The number of rotatable bonds is 3. The first-order chi connectivity index (χ1) is 10.7. The quantitative estimate of drug-likeness (QED) is 0.854. The van der Waals surface area contributed by atoms with Crippen molar-refractivity contribution < 1.29 is 22.7 Å². The molecular formula is C16H27F3N2O2. The van der Waals surface area contributed by atoms with Gasteiger partial charge in [-0.15, -0.1) is 0 Å². The van der Waals surface area contributed by atoms with Crippen LogP contribution in [0.15, 0.2) is 0 Å². The van der Waals surface area contributed by atoms with E-state index in [0.717, 1.165) is 25.7 Å². The van der Waals surface area contributed by atoms with Gasteiger partial charge >= 0.3 is 12.2 Å². The largest absolute Gasteiger partial charge is 0.408 e. The summed E-state index contributed by atoms with van der Waals surface area (Å²) in [6, 6.07) is -2.32. The van der Waals surface area contributed by atoms with Crippen molar-refractivity contribution in [1.82, 2.24) is 10.2 Å². The van der Waals surface area contributed by atoms with Gasteiger partial charge in [-0.1, -0.05) is 12.8 Å². The number of urea groups is 1. The summed E-state index contributed by atoms with van der Waals surface area (Å²) in [5.41, 5.74) is -0.302. The highest BCUT2D eigenvalue weighted by Gasteiger charge is 2.46. The lowest BCUT2D eigenvalue weighted by Gasteiger charge is -2.30. The zero-order chi connectivity index (χ0) is 17.1. The average Bonchev–Trinajstić information content (AvgIpc) is 2.93. The van der Waals surface area contributed by atoms with Crippen LogP contribution in [0, 0.1) is 5.92 Å². The van der Waals surface area contributed by atoms with Gasteiger partial charge in [0.2, 0.25) is 0 Å². The molecule has 4 nitrogen and oxygen atoms in total. The van der Waals surface area contributed by atoms with Crippen LogP contribution in [0.2, 0.25) is 0 Å². The van der Waals surface area contributed by atoms with Gasteiger partial charge < -0.3 is 15.0 Å². The van der Waals surface area contributed by atoms with Crippen LogP contribution in [0.3, 0.4) is 0 Å². The van der Waals surface area contributed by atoms with E-state index < -0.39 is 24.2 Å². The Balaban J connectivity index is 1.98. The van der Waals surface area contributed by atoms with Crippen LogP contribution in [0.25, 0.3) is 0 Å². The van der Waals surface area contributed by atoms with Crippen LogP contribution in [-0.4, -0.2) is 48.9 Å². The molecule has 1 saturated carbocycles. The number of carbonyl (C=O) groups excluding carboxylic acids is 1. The molecule has 0 unspecified atom stereocenters. The fourth-order valence-corrected chi connectivity index (χ4v) is 3.64. The van der Waals surface area contributed by atoms with E-state index in [1.165, 1.54) is 4.90 Å². The Morgan fingerprint density at radius 1 is 1.22 bits per heavy atom. The highest BCUT2D eigenvalue weighted by molar-refractivity contribution is 5.74. The fraction of sp³-hybridized carbons (Fsp3) is 0.938. The summed E-state index contributed by atoms with van der Waals surface area (Å²) in [5, 5.41) is 2.26. The number of methoxy groups -OCH3 is 1. The molecule has 1 aliphatic carbocycles. The summed E-state index contributed by atoms with van der Waals surface area (Å²) >= 11 is 0. The molecule has 2 rings (SSSR count). The van der Waals surface area contributed by atoms with Gasteiger partial charge in [0.05, 0.1) is 5.60 Å². The molecule has 7 heteroatoms. The minimum atomic E-state index is -4.39. The summed E-state index contributed by atoms with van der Waals surface area (Å²) in [7, 11) is 1.63. The number of amides is 2. The zero-order valence-electron chi connectivity index (χ0n) is 13.9. The molecule has 1 N–H and O–H groups in total. The molecule has 0 aromatic rings. The first-order valence-corrected chi connectivity index (χ1v) is 8.42. The minimum absolute atomic E-state index is 0.302. The third-order valence-electron chi connectivity index (χ3n) is 5.33. The number of nitrogens with one attached hydrogen (secondary N) is 1. The van der Waals surface area contributed by atoms with E-state index in [1.807, 2.05) is 6.92 Å². The van der Waals surface area contributed by atoms with E-state index >= 15 is 0 Å². The summed E-state index contributed by atoms with van der Waals surface area (Å²) in [6.45, 7) is 2.87. The standard InChI is InChI=1S/C16H27F3N2O2/c1-15(23-2)8-5-10-21(11-9-15)14(22)20-13(16(17,18)19)12-6-3-4-7-12/h12-13H,3-11H2,1-2H3,(H,20,22)/t13-,15+/m1/s1. The van der Waals surface area contributed by atoms with Gasteiger partial charge in [0.25, 0.3) is 0 Å². The van der Waals surface area contributed by atoms with Gasteiger partial charge in [0, 0.05) is 20.2 Å². The molecule has 134 valence electrons. The molecule has 0 aromatic carbocycles. The molecule has 0 spiro atoms. The van der Waals surface area contributed by atoms with E-state index in [-0.39, 0.29) is 5.60 Å². The Morgan fingerprint density at radius 3 is 2.43 bits per heavy atom. The summed E-state index contributed by atoms with van der Waals surface area (Å²) in [6.07, 6.45) is 0.468. The van der Waals surface area contributed by atoms with Gasteiger partial charge in [0.1, 0.15) is 6.04 Å². The Labute approximate surface area is 135 Å². The first kappa shape index (κ1) is 18.4. The predicted molar refractivity (Wildman–Crippen MR) is 81.2 cm³/mol. The molecule has 1 aliphatic heterocycles. The number of halogens is 3. The molecule has 1 saturated heterocycles. The Kier molecular flexibility index (Phi) is 5.81. The lowest BCUT2D eigenvalue weighted by Crippen LogP contribution is -2.54. The van der Waals surface area contributed by atoms with Crippen molar-refractivity contribution in [2.24, 2.45) is 5.92 Å². The second-order valence-electron chi connectivity index (χ2n) is 7.01. The van der Waals surface area contributed by atoms with Crippen molar-refractivity contribution >= 4 is 6.03 Å². The smallest absolute Gasteiger partial charge is 0.378 e. The number of hydrogen-bond acceptors (Lipinski definition) is 2. The molecule has 2 aliphatic rings. The lowest BCUT2D eigenvalue weighted by atomic mass is 9.97. The van der Waals surface area contributed by atoms with Gasteiger partial charge in [0.15, 0.2) is 0 Å². The third kappa shape index (κ3) is 4.75. The van der Waals surface area contributed by atoms with Crippen LogP contribution < -0.4 is 5.32 Å². The van der Waals surface area contributed by atoms with Crippen molar-refractivity contribution in [2.75, 3.05) is 20.2 Å². The maximum Gasteiger partial charge on any atom is 0.408 e. The van der Waals surface area contributed by atoms with Gasteiger partial charge in [-0.3, -0.25) is 0 Å². The SMILES string of the molecule is CO[C@@]1(C)CCCN(C(=O)N[C@H](C2CCCC2)C(F)(F)F)CC1. The monoisotopic (exact) mass is 336 g/mol. The summed E-state index contributed by atoms with van der Waals surface area (Å²) < 4.78 is 45.4. The van der Waals surface area contributed by atoms with Gasteiger partial charge in [-0.05, 0) is 44.9 Å². The molecular weight excluding hydrogens is 309 g/mol. The van der Waals surface area contributed by atoms with Crippen LogP contribution in [0.1, 0.15) is 51.9 Å². The third-order valence-corrected chi connectivity index (χ3v) is 5.33. The Hall–Kier alpha value is -0.980. The Morgan fingerprint density at radius 2 is 1.87 bits per heavy atom. The van der Waals surface area contributed by atoms with Crippen LogP contribution in [-0.2, 0) is 4.74 Å². The predicted octanol–water partition coefficient (Wildman–Crippen LogP) is 3.71. The second-order valence-corrected chi connectivity index (χ2v) is 7.01. The van der Waals surface area contributed by atoms with E-state index in [9.17, 15) is 18.0 Å². The summed E-state index contributed by atoms with van der Waals surface area (Å²) in [5.74, 6) is -0.491. The Bertz CT molecular complexity index is 411. The lowest BCUT2D eigenvalue weighted by molar-refractivity contribution is -0.165. The number of hydrogen-bond donors (Lipinski definition) is 1. The van der Waals surface area contributed by atoms with Crippen LogP contribution in [0.5, 0.6) is 0 Å². The second kappa shape index (κ2) is 7.28. The number of likely N-dealkylation sites (tertiary alicyclic amines) is 1. The van der Waals surface area contributed by atoms with Gasteiger partial charge in [-0.25, -0.2) is 4.79 Å². The average molecular weight is 336 g/mol. The molecule has 0 radical (unpaired) electrons. The van der Waals surface area contributed by atoms with Crippen molar-refractivity contribution in [3.63, 3.8) is 0 Å². The van der Waals surface area contributed by atoms with E-state index in [1.54, 1.807) is 7.11 Å². The van der Waals surface area contributed by atoms with Crippen molar-refractivity contribution in [3.8, 4) is 0 Å². The van der Waals surface area contributed by atoms with E-state index in [0.29, 0.717) is 32.4 Å². The fourth-order valence-electron chi connectivity index (χ4n) is 3.64. The first-order valence-electron chi connectivity index (χ1n) is 8.42. The molecule has 23 heavy (non-hydrogen) atoms. The van der Waals surface area contributed by atoms with E-state index in [4.69, 9.17) is 4.74 Å². The molecule has 1 heterocycles. The molecule has 2 amide bonds. The number of ether oxygens (including phenoxy) is 1. The number of nitrogens with zero attached hydrogens (tertiary/aromatic N) is 1. The summed E-state index contributed by atoms with van der Waals surface area (Å²) in [4.78, 5) is 13.8. The minimum Gasteiger partial charge on any atom is -0.378 e.